The van der Waals surface area contributed by atoms with Gasteiger partial charge in [0.2, 0.25) is 0 Å². The lowest BCUT2D eigenvalue weighted by Crippen LogP contribution is -2.20. The van der Waals surface area contributed by atoms with Crippen molar-refractivity contribution in [1.29, 1.82) is 5.26 Å². The smallest absolute Gasteiger partial charge is 0.322 e. The van der Waals surface area contributed by atoms with Gasteiger partial charge < -0.3 is 5.32 Å². The van der Waals surface area contributed by atoms with Gasteiger partial charge in [0.1, 0.15) is 0 Å². The van der Waals surface area contributed by atoms with E-state index in [1.807, 2.05) is 0 Å². The van der Waals surface area contributed by atoms with E-state index in [0.717, 1.165) is 5.56 Å². The third-order valence-electron chi connectivity index (χ3n) is 1.54. The Morgan fingerprint density at radius 3 is 2.71 bits per heavy atom. The third kappa shape index (κ3) is 2.91. The second-order valence-corrected chi connectivity index (χ2v) is 3.36. The van der Waals surface area contributed by atoms with Crippen LogP contribution in [0.4, 0.5) is 0 Å². The van der Waals surface area contributed by atoms with E-state index >= 15 is 0 Å². The van der Waals surface area contributed by atoms with E-state index in [-0.39, 0.29) is 6.54 Å². The number of nitrogens with zero attached hydrogens (tertiary/aromatic N) is 1. The maximum atomic E-state index is 10.6. The number of carbonyl (C=O) groups is 1. The SMILES string of the molecule is N#CC(=O)NCc1ccc(Cl)c(Cl)c1. The summed E-state index contributed by atoms with van der Waals surface area (Å²) in [4.78, 5) is 10.6. The number of nitrogens with one attached hydrogen (secondary N) is 1. The zero-order valence-corrected chi connectivity index (χ0v) is 8.56. The Hall–Kier alpha value is -1.24. The molecule has 0 bridgehead atoms. The summed E-state index contributed by atoms with van der Waals surface area (Å²) >= 11 is 11.5. The standard InChI is InChI=1S/C9H6Cl2N2O/c10-7-2-1-6(3-8(7)11)5-13-9(14)4-12/h1-3H,5H2,(H,13,14). The fourth-order valence-corrected chi connectivity index (χ4v) is 1.19. The van der Waals surface area contributed by atoms with E-state index in [9.17, 15) is 4.79 Å². The Morgan fingerprint density at radius 2 is 2.14 bits per heavy atom. The molecule has 0 aliphatic carbocycles. The zero-order valence-electron chi connectivity index (χ0n) is 7.05. The quantitative estimate of drug-likeness (QED) is 0.789. The van der Waals surface area contributed by atoms with Gasteiger partial charge in [0.25, 0.3) is 0 Å². The highest BCUT2D eigenvalue weighted by Crippen LogP contribution is 2.22. The first-order valence-electron chi connectivity index (χ1n) is 3.75. The van der Waals surface area contributed by atoms with Crippen LogP contribution in [0.2, 0.25) is 10.0 Å². The Morgan fingerprint density at radius 1 is 1.43 bits per heavy atom. The fraction of sp³-hybridized carbons (Fsp3) is 0.111. The molecule has 0 saturated carbocycles. The van der Waals surface area contributed by atoms with Gasteiger partial charge in [0, 0.05) is 6.54 Å². The monoisotopic (exact) mass is 228 g/mol. The first-order chi connectivity index (χ1) is 6.63. The van der Waals surface area contributed by atoms with Crippen molar-refractivity contribution in [2.75, 3.05) is 0 Å². The molecule has 1 aromatic carbocycles. The summed E-state index contributed by atoms with van der Waals surface area (Å²) < 4.78 is 0. The van der Waals surface area contributed by atoms with E-state index < -0.39 is 5.91 Å². The topological polar surface area (TPSA) is 52.9 Å². The van der Waals surface area contributed by atoms with Gasteiger partial charge in [-0.15, -0.1) is 0 Å². The van der Waals surface area contributed by atoms with Crippen LogP contribution in [0.25, 0.3) is 0 Å². The Labute approximate surface area is 91.2 Å². The summed E-state index contributed by atoms with van der Waals surface area (Å²) in [5, 5.41) is 11.5. The molecule has 0 heterocycles. The summed E-state index contributed by atoms with van der Waals surface area (Å²) in [6.45, 7) is 0.267. The molecule has 0 saturated heterocycles. The summed E-state index contributed by atoms with van der Waals surface area (Å²) in [7, 11) is 0. The van der Waals surface area contributed by atoms with Crippen molar-refractivity contribution in [1.82, 2.24) is 5.32 Å². The summed E-state index contributed by atoms with van der Waals surface area (Å²) in [5.74, 6) is -0.670. The molecule has 1 N–H and O–H groups in total. The maximum Gasteiger partial charge on any atom is 0.322 e. The number of nitriles is 1. The van der Waals surface area contributed by atoms with Crippen molar-refractivity contribution in [2.45, 2.75) is 6.54 Å². The number of amides is 1. The fourth-order valence-electron chi connectivity index (χ4n) is 0.871. The van der Waals surface area contributed by atoms with Crippen molar-refractivity contribution in [3.05, 3.63) is 33.8 Å². The van der Waals surface area contributed by atoms with Gasteiger partial charge in [-0.05, 0) is 17.7 Å². The molecule has 0 atom stereocenters. The van der Waals surface area contributed by atoms with Crippen LogP contribution in [0.1, 0.15) is 5.56 Å². The molecular weight excluding hydrogens is 223 g/mol. The minimum absolute atomic E-state index is 0.267. The minimum atomic E-state index is -0.670. The third-order valence-corrected chi connectivity index (χ3v) is 2.28. The molecule has 0 aromatic heterocycles. The van der Waals surface area contributed by atoms with Crippen LogP contribution < -0.4 is 5.32 Å². The number of benzene rings is 1. The zero-order chi connectivity index (χ0) is 10.6. The molecule has 1 amide bonds. The molecular formula is C9H6Cl2N2O. The molecule has 0 fully saturated rings. The highest BCUT2D eigenvalue weighted by atomic mass is 35.5. The van der Waals surface area contributed by atoms with Gasteiger partial charge in [0.15, 0.2) is 6.07 Å². The van der Waals surface area contributed by atoms with Crippen LogP contribution in [0.3, 0.4) is 0 Å². The molecule has 14 heavy (non-hydrogen) atoms. The van der Waals surface area contributed by atoms with E-state index in [0.29, 0.717) is 10.0 Å². The number of halogens is 2. The highest BCUT2D eigenvalue weighted by Gasteiger charge is 2.01. The van der Waals surface area contributed by atoms with Crippen molar-refractivity contribution >= 4 is 29.1 Å². The summed E-state index contributed by atoms with van der Waals surface area (Å²) in [6.07, 6.45) is 0. The van der Waals surface area contributed by atoms with Gasteiger partial charge in [0.05, 0.1) is 10.0 Å². The molecule has 0 radical (unpaired) electrons. The van der Waals surface area contributed by atoms with Gasteiger partial charge in [-0.1, -0.05) is 29.3 Å². The first-order valence-corrected chi connectivity index (χ1v) is 4.51. The largest absolute Gasteiger partial charge is 0.339 e. The van der Waals surface area contributed by atoms with E-state index in [2.05, 4.69) is 5.32 Å². The maximum absolute atomic E-state index is 10.6. The summed E-state index contributed by atoms with van der Waals surface area (Å²) in [6, 6.07) is 6.46. The van der Waals surface area contributed by atoms with Crippen LogP contribution >= 0.6 is 23.2 Å². The van der Waals surface area contributed by atoms with Crippen LogP contribution in [-0.2, 0) is 11.3 Å². The lowest BCUT2D eigenvalue weighted by molar-refractivity contribution is -0.116. The predicted octanol–water partition coefficient (Wildman–Crippen LogP) is 2.13. The number of carbonyl (C=O) groups excluding carboxylic acids is 1. The molecule has 1 rings (SSSR count). The van der Waals surface area contributed by atoms with Crippen molar-refractivity contribution < 1.29 is 4.79 Å². The number of hydrogen-bond donors (Lipinski definition) is 1. The van der Waals surface area contributed by atoms with Gasteiger partial charge in [-0.3, -0.25) is 4.79 Å². The molecule has 3 nitrogen and oxygen atoms in total. The van der Waals surface area contributed by atoms with Crippen LogP contribution in [0.15, 0.2) is 18.2 Å². The Kier molecular flexibility index (Phi) is 3.75. The molecule has 72 valence electrons. The molecule has 0 unspecified atom stereocenters. The normalized spacial score (nSPS) is 9.21. The van der Waals surface area contributed by atoms with Crippen LogP contribution in [0.5, 0.6) is 0 Å². The van der Waals surface area contributed by atoms with Gasteiger partial charge in [-0.25, -0.2) is 0 Å². The van der Waals surface area contributed by atoms with Crippen molar-refractivity contribution in [3.8, 4) is 6.07 Å². The number of rotatable bonds is 2. The average molecular weight is 229 g/mol. The van der Waals surface area contributed by atoms with E-state index in [1.165, 1.54) is 6.07 Å². The molecule has 1 aromatic rings. The van der Waals surface area contributed by atoms with Crippen LogP contribution in [0, 0.1) is 11.3 Å². The molecule has 5 heteroatoms. The molecule has 0 spiro atoms. The van der Waals surface area contributed by atoms with E-state index in [1.54, 1.807) is 18.2 Å². The summed E-state index contributed by atoms with van der Waals surface area (Å²) in [5.41, 5.74) is 0.794. The minimum Gasteiger partial charge on any atom is -0.339 e. The molecule has 0 aliphatic rings. The van der Waals surface area contributed by atoms with Gasteiger partial charge >= 0.3 is 5.91 Å². The Balaban J connectivity index is 2.65. The lowest BCUT2D eigenvalue weighted by atomic mass is 10.2. The Bertz CT molecular complexity index is 398. The van der Waals surface area contributed by atoms with Crippen molar-refractivity contribution in [3.63, 3.8) is 0 Å². The predicted molar refractivity (Wildman–Crippen MR) is 53.9 cm³/mol. The van der Waals surface area contributed by atoms with E-state index in [4.69, 9.17) is 28.5 Å². The number of hydrogen-bond acceptors (Lipinski definition) is 2. The average Bonchev–Trinajstić information content (AvgIpc) is 2.19. The molecule has 0 aliphatic heterocycles. The lowest BCUT2D eigenvalue weighted by Gasteiger charge is -2.02. The van der Waals surface area contributed by atoms with Gasteiger partial charge in [-0.2, -0.15) is 5.26 Å². The van der Waals surface area contributed by atoms with Crippen LogP contribution in [-0.4, -0.2) is 5.91 Å². The second kappa shape index (κ2) is 4.85. The highest BCUT2D eigenvalue weighted by molar-refractivity contribution is 6.42. The second-order valence-electron chi connectivity index (χ2n) is 2.54. The first kappa shape index (κ1) is 10.8. The van der Waals surface area contributed by atoms with Crippen molar-refractivity contribution in [2.24, 2.45) is 0 Å².